The summed E-state index contributed by atoms with van der Waals surface area (Å²) in [5.74, 6) is 0. The highest BCUT2D eigenvalue weighted by atomic mass is 14.8. The van der Waals surface area contributed by atoms with Crippen molar-refractivity contribution in [1.29, 1.82) is 0 Å². The SMILES string of the molecule is c1ccc(-c2ccc3ccc4ccc(-c5cc(-c6ccc7cc8ccccc8cc7n6)cc(-c6ccc7cc8ccccc8cc7n6)c5)nc4c3n2)cc1. The monoisotopic (exact) mass is 686 g/mol. The van der Waals surface area contributed by atoms with E-state index in [-0.39, 0.29) is 0 Å². The molecule has 0 amide bonds. The summed E-state index contributed by atoms with van der Waals surface area (Å²) in [4.78, 5) is 21.0. The fraction of sp³-hybridized carbons (Fsp3) is 0. The van der Waals surface area contributed by atoms with Gasteiger partial charge in [0, 0.05) is 43.8 Å². The zero-order valence-electron chi connectivity index (χ0n) is 29.1. The van der Waals surface area contributed by atoms with Crippen molar-refractivity contribution in [2.24, 2.45) is 0 Å². The van der Waals surface area contributed by atoms with Crippen LogP contribution >= 0.6 is 0 Å². The average molecular weight is 687 g/mol. The maximum Gasteiger partial charge on any atom is 0.0972 e. The van der Waals surface area contributed by atoms with Gasteiger partial charge in [0.05, 0.1) is 44.8 Å². The van der Waals surface area contributed by atoms with Crippen LogP contribution in [0.2, 0.25) is 0 Å². The van der Waals surface area contributed by atoms with E-state index in [2.05, 4.69) is 164 Å². The van der Waals surface area contributed by atoms with Gasteiger partial charge >= 0.3 is 0 Å². The van der Waals surface area contributed by atoms with Crippen molar-refractivity contribution in [1.82, 2.24) is 19.9 Å². The molecule has 0 unspecified atom stereocenters. The molecule has 7 aromatic carbocycles. The van der Waals surface area contributed by atoms with Crippen LogP contribution in [0, 0.1) is 0 Å². The van der Waals surface area contributed by atoms with Crippen molar-refractivity contribution in [3.05, 3.63) is 182 Å². The van der Waals surface area contributed by atoms with Crippen LogP contribution in [0.15, 0.2) is 182 Å². The molecule has 4 nitrogen and oxygen atoms in total. The normalized spacial score (nSPS) is 11.7. The van der Waals surface area contributed by atoms with E-state index in [1.807, 2.05) is 18.2 Å². The zero-order chi connectivity index (χ0) is 35.6. The Labute approximate surface area is 311 Å². The van der Waals surface area contributed by atoms with Crippen molar-refractivity contribution in [2.45, 2.75) is 0 Å². The lowest BCUT2D eigenvalue weighted by Crippen LogP contribution is -1.93. The van der Waals surface area contributed by atoms with Crippen molar-refractivity contribution in [2.75, 3.05) is 0 Å². The predicted molar refractivity (Wildman–Crippen MR) is 224 cm³/mol. The van der Waals surface area contributed by atoms with Crippen molar-refractivity contribution in [3.63, 3.8) is 0 Å². The molecule has 0 atom stereocenters. The number of hydrogen-bond donors (Lipinski definition) is 0. The van der Waals surface area contributed by atoms with Crippen LogP contribution < -0.4 is 0 Å². The van der Waals surface area contributed by atoms with Crippen LogP contribution in [0.5, 0.6) is 0 Å². The number of aromatic nitrogens is 4. The van der Waals surface area contributed by atoms with Gasteiger partial charge in [0.15, 0.2) is 0 Å². The lowest BCUT2D eigenvalue weighted by Gasteiger charge is -2.13. The van der Waals surface area contributed by atoms with Gasteiger partial charge in [-0.2, -0.15) is 0 Å². The summed E-state index contributed by atoms with van der Waals surface area (Å²) in [5.41, 5.74) is 11.3. The predicted octanol–water partition coefficient (Wildman–Crippen LogP) is 12.9. The second-order valence-corrected chi connectivity index (χ2v) is 13.9. The number of hydrogen-bond acceptors (Lipinski definition) is 4. The average Bonchev–Trinajstić information content (AvgIpc) is 3.24. The number of pyridine rings is 4. The van der Waals surface area contributed by atoms with Gasteiger partial charge in [-0.1, -0.05) is 115 Å². The van der Waals surface area contributed by atoms with E-state index in [1.165, 1.54) is 21.5 Å². The third kappa shape index (κ3) is 5.23. The lowest BCUT2D eigenvalue weighted by atomic mass is 9.97. The standard InChI is InChI=1S/C50H30N4/c1-2-8-31(9-3-1)43-20-16-32-14-15-33-17-21-46(54-50(33)49(32)53-43)42-27-40(44-22-18-38-24-34-10-4-6-12-36(34)29-47(38)51-44)26-41(28-42)45-23-19-39-25-35-11-5-7-13-37(35)30-48(39)52-45/h1-30H. The van der Waals surface area contributed by atoms with Crippen molar-refractivity contribution >= 4 is 65.2 Å². The van der Waals surface area contributed by atoms with Gasteiger partial charge in [0.1, 0.15) is 0 Å². The Kier molecular flexibility index (Phi) is 6.82. The van der Waals surface area contributed by atoms with Crippen LogP contribution in [-0.4, -0.2) is 19.9 Å². The van der Waals surface area contributed by atoms with Crippen LogP contribution in [0.3, 0.4) is 0 Å². The first-order chi connectivity index (χ1) is 26.7. The molecule has 0 aliphatic heterocycles. The van der Waals surface area contributed by atoms with Gasteiger partial charge in [-0.3, -0.25) is 0 Å². The van der Waals surface area contributed by atoms with E-state index in [1.54, 1.807) is 0 Å². The van der Waals surface area contributed by atoms with E-state index in [0.717, 1.165) is 88.6 Å². The maximum absolute atomic E-state index is 5.34. The molecular formula is C50H30N4. The fourth-order valence-electron chi connectivity index (χ4n) is 7.71. The highest BCUT2D eigenvalue weighted by Gasteiger charge is 2.14. The molecule has 250 valence electrons. The Balaban J connectivity index is 1.11. The highest BCUT2D eigenvalue weighted by molar-refractivity contribution is 6.04. The summed E-state index contributed by atoms with van der Waals surface area (Å²) in [6.07, 6.45) is 0. The third-order valence-electron chi connectivity index (χ3n) is 10.5. The van der Waals surface area contributed by atoms with E-state index < -0.39 is 0 Å². The number of fused-ring (bicyclic) bond motifs is 7. The molecule has 0 aliphatic carbocycles. The first kappa shape index (κ1) is 30.3. The van der Waals surface area contributed by atoms with Gasteiger partial charge < -0.3 is 0 Å². The number of nitrogens with zero attached hydrogens (tertiary/aromatic N) is 4. The maximum atomic E-state index is 5.34. The first-order valence-electron chi connectivity index (χ1n) is 18.2. The van der Waals surface area contributed by atoms with Crippen LogP contribution in [0.25, 0.3) is 110 Å². The summed E-state index contributed by atoms with van der Waals surface area (Å²) >= 11 is 0. The Morgan fingerprint density at radius 3 is 1.04 bits per heavy atom. The van der Waals surface area contributed by atoms with Crippen molar-refractivity contribution in [3.8, 4) is 45.0 Å². The van der Waals surface area contributed by atoms with Gasteiger partial charge in [0.2, 0.25) is 0 Å². The van der Waals surface area contributed by atoms with Gasteiger partial charge in [-0.05, 0) is 88.3 Å². The molecule has 0 bridgehead atoms. The van der Waals surface area contributed by atoms with Crippen LogP contribution in [0.4, 0.5) is 0 Å². The third-order valence-corrected chi connectivity index (χ3v) is 10.5. The summed E-state index contributed by atoms with van der Waals surface area (Å²) in [7, 11) is 0. The van der Waals surface area contributed by atoms with Gasteiger partial charge in [0.25, 0.3) is 0 Å². The first-order valence-corrected chi connectivity index (χ1v) is 18.2. The quantitative estimate of drug-likeness (QED) is 0.137. The van der Waals surface area contributed by atoms with Gasteiger partial charge in [-0.15, -0.1) is 0 Å². The topological polar surface area (TPSA) is 51.6 Å². The van der Waals surface area contributed by atoms with E-state index in [9.17, 15) is 0 Å². The molecular weight excluding hydrogens is 657 g/mol. The summed E-state index contributed by atoms with van der Waals surface area (Å²) < 4.78 is 0. The molecule has 4 aromatic heterocycles. The van der Waals surface area contributed by atoms with Crippen molar-refractivity contribution < 1.29 is 0 Å². The highest BCUT2D eigenvalue weighted by Crippen LogP contribution is 2.35. The molecule has 0 saturated carbocycles. The zero-order valence-corrected chi connectivity index (χ0v) is 29.1. The molecule has 0 fully saturated rings. The number of benzene rings is 7. The minimum Gasteiger partial charge on any atom is -0.248 e. The number of rotatable bonds is 4. The molecule has 0 saturated heterocycles. The molecule has 0 spiro atoms. The van der Waals surface area contributed by atoms with E-state index in [0.29, 0.717) is 0 Å². The van der Waals surface area contributed by atoms with E-state index in [4.69, 9.17) is 19.9 Å². The van der Waals surface area contributed by atoms with Crippen LogP contribution in [0.1, 0.15) is 0 Å². The Bertz CT molecular complexity index is 3140. The minimum absolute atomic E-state index is 0.864. The molecule has 11 aromatic rings. The molecule has 0 aliphatic rings. The minimum atomic E-state index is 0.864. The second-order valence-electron chi connectivity index (χ2n) is 13.9. The lowest BCUT2D eigenvalue weighted by molar-refractivity contribution is 1.35. The fourth-order valence-corrected chi connectivity index (χ4v) is 7.71. The van der Waals surface area contributed by atoms with Crippen LogP contribution in [-0.2, 0) is 0 Å². The largest absolute Gasteiger partial charge is 0.248 e. The Hall–Kier alpha value is -7.30. The molecule has 11 rings (SSSR count). The summed E-state index contributed by atoms with van der Waals surface area (Å²) in [6, 6.07) is 63.9. The molecule has 4 heterocycles. The second kappa shape index (κ2) is 12.1. The summed E-state index contributed by atoms with van der Waals surface area (Å²) in [6.45, 7) is 0. The van der Waals surface area contributed by atoms with E-state index >= 15 is 0 Å². The summed E-state index contributed by atoms with van der Waals surface area (Å²) in [5, 5.41) is 9.10. The van der Waals surface area contributed by atoms with Gasteiger partial charge in [-0.25, -0.2) is 19.9 Å². The Morgan fingerprint density at radius 2 is 0.574 bits per heavy atom. The smallest absolute Gasteiger partial charge is 0.0972 e. The Morgan fingerprint density at radius 1 is 0.222 bits per heavy atom. The molecule has 0 radical (unpaired) electrons. The molecule has 0 N–H and O–H groups in total. The molecule has 4 heteroatoms. The molecule has 54 heavy (non-hydrogen) atoms.